The van der Waals surface area contributed by atoms with E-state index in [2.05, 4.69) is 44.5 Å². The first-order chi connectivity index (χ1) is 17.0. The Morgan fingerprint density at radius 2 is 1.71 bits per heavy atom. The van der Waals surface area contributed by atoms with Gasteiger partial charge in [0.15, 0.2) is 0 Å². The smallest absolute Gasteiger partial charge is 0.291 e. The van der Waals surface area contributed by atoms with Crippen LogP contribution in [0.5, 0.6) is 0 Å². The molecule has 1 fully saturated rings. The van der Waals surface area contributed by atoms with Gasteiger partial charge in [0.25, 0.3) is 5.56 Å². The molecule has 1 saturated heterocycles. The van der Waals surface area contributed by atoms with E-state index >= 15 is 0 Å². The van der Waals surface area contributed by atoms with Gasteiger partial charge in [-0.2, -0.15) is 5.10 Å². The molecule has 0 saturated carbocycles. The molecule has 1 amide bonds. The zero-order valence-electron chi connectivity index (χ0n) is 20.4. The molecule has 0 bridgehead atoms. The van der Waals surface area contributed by atoms with Gasteiger partial charge in [0.1, 0.15) is 11.6 Å². The van der Waals surface area contributed by atoms with E-state index in [1.165, 1.54) is 10.4 Å². The Balaban J connectivity index is 1.19. The summed E-state index contributed by atoms with van der Waals surface area (Å²) in [5.74, 6) is -0.0829. The Morgan fingerprint density at radius 1 is 1.00 bits per heavy atom. The molecule has 1 aliphatic heterocycles. The highest BCUT2D eigenvalue weighted by Crippen LogP contribution is 2.29. The molecule has 0 aliphatic carbocycles. The molecule has 182 valence electrons. The van der Waals surface area contributed by atoms with Crippen molar-refractivity contribution in [2.45, 2.75) is 19.4 Å². The molecular formula is C27H32N6O2. The summed E-state index contributed by atoms with van der Waals surface area (Å²) >= 11 is 0. The monoisotopic (exact) mass is 472 g/mol. The van der Waals surface area contributed by atoms with E-state index in [4.69, 9.17) is 0 Å². The van der Waals surface area contributed by atoms with E-state index in [0.717, 1.165) is 55.4 Å². The van der Waals surface area contributed by atoms with Crippen molar-refractivity contribution in [3.05, 3.63) is 71.1 Å². The number of piperazine rings is 1. The summed E-state index contributed by atoms with van der Waals surface area (Å²) in [5.41, 5.74) is 2.46. The number of hydrogen-bond donors (Lipinski definition) is 1. The number of fused-ring (bicyclic) bond motifs is 3. The zero-order valence-corrected chi connectivity index (χ0v) is 20.4. The van der Waals surface area contributed by atoms with Gasteiger partial charge in [-0.1, -0.05) is 36.4 Å². The second kappa shape index (κ2) is 9.92. The minimum atomic E-state index is -0.512. The lowest BCUT2D eigenvalue weighted by atomic mass is 10.2. The maximum atomic E-state index is 13.1. The summed E-state index contributed by atoms with van der Waals surface area (Å²) in [5, 5.41) is 8.98. The molecule has 0 radical (unpaired) electrons. The van der Waals surface area contributed by atoms with Crippen LogP contribution in [0.4, 0.5) is 5.69 Å². The van der Waals surface area contributed by atoms with E-state index in [1.54, 1.807) is 13.2 Å². The lowest BCUT2D eigenvalue weighted by Gasteiger charge is -2.36. The second-order valence-corrected chi connectivity index (χ2v) is 9.21. The Morgan fingerprint density at radius 3 is 2.49 bits per heavy atom. The van der Waals surface area contributed by atoms with Crippen LogP contribution in [0.25, 0.3) is 21.8 Å². The highest BCUT2D eigenvalue weighted by atomic mass is 16.2. The van der Waals surface area contributed by atoms with Crippen LogP contribution in [-0.2, 0) is 11.8 Å². The molecule has 0 spiro atoms. The fourth-order valence-corrected chi connectivity index (χ4v) is 5.04. The van der Waals surface area contributed by atoms with Crippen LogP contribution >= 0.6 is 0 Å². The summed E-state index contributed by atoms with van der Waals surface area (Å²) in [6.07, 6.45) is 2.60. The fourth-order valence-electron chi connectivity index (χ4n) is 5.04. The predicted octanol–water partition coefficient (Wildman–Crippen LogP) is 2.78. The van der Waals surface area contributed by atoms with Crippen LogP contribution < -0.4 is 15.8 Å². The van der Waals surface area contributed by atoms with Crippen LogP contribution in [0, 0.1) is 0 Å². The average molecular weight is 473 g/mol. The van der Waals surface area contributed by atoms with Gasteiger partial charge in [-0.25, -0.2) is 4.68 Å². The number of hydrogen-bond acceptors (Lipinski definition) is 5. The predicted molar refractivity (Wildman–Crippen MR) is 140 cm³/mol. The number of benzene rings is 2. The van der Waals surface area contributed by atoms with Gasteiger partial charge in [-0.05, 0) is 38.1 Å². The van der Waals surface area contributed by atoms with Gasteiger partial charge in [0, 0.05) is 56.2 Å². The average Bonchev–Trinajstić information content (AvgIpc) is 3.24. The van der Waals surface area contributed by atoms with Crippen molar-refractivity contribution in [2.75, 3.05) is 44.2 Å². The molecule has 2 aromatic heterocycles. The third-order valence-corrected chi connectivity index (χ3v) is 7.02. The number of anilines is 1. The van der Waals surface area contributed by atoms with Gasteiger partial charge in [-0.15, -0.1) is 0 Å². The fraction of sp³-hybridized carbons (Fsp3) is 0.370. The molecule has 5 rings (SSSR count). The van der Waals surface area contributed by atoms with E-state index in [0.29, 0.717) is 12.1 Å². The van der Waals surface area contributed by atoms with Crippen LogP contribution in [0.15, 0.2) is 65.6 Å². The number of nitrogens with one attached hydrogen (secondary N) is 1. The number of amides is 1. The Kier molecular flexibility index (Phi) is 6.55. The molecule has 8 heteroatoms. The summed E-state index contributed by atoms with van der Waals surface area (Å²) in [4.78, 5) is 30.9. The maximum Gasteiger partial charge on any atom is 0.291 e. The third-order valence-electron chi connectivity index (χ3n) is 7.02. The SMILES string of the molecule is C[C@@H](C(=O)NCCCN1CCN(c2ccccc2)CC1)n1c2ccccc2c2cnn(C)c(=O)c21. The molecule has 1 N–H and O–H groups in total. The topological polar surface area (TPSA) is 75.4 Å². The molecule has 35 heavy (non-hydrogen) atoms. The van der Waals surface area contributed by atoms with E-state index in [9.17, 15) is 9.59 Å². The molecule has 4 aromatic rings. The van der Waals surface area contributed by atoms with Crippen molar-refractivity contribution in [1.82, 2.24) is 24.6 Å². The highest BCUT2D eigenvalue weighted by molar-refractivity contribution is 6.08. The minimum absolute atomic E-state index is 0.0829. The second-order valence-electron chi connectivity index (χ2n) is 9.21. The summed E-state index contributed by atoms with van der Waals surface area (Å²) < 4.78 is 3.17. The van der Waals surface area contributed by atoms with Crippen molar-refractivity contribution >= 4 is 33.4 Å². The van der Waals surface area contributed by atoms with Crippen molar-refractivity contribution in [3.63, 3.8) is 0 Å². The van der Waals surface area contributed by atoms with Crippen molar-refractivity contribution in [3.8, 4) is 0 Å². The van der Waals surface area contributed by atoms with Crippen molar-refractivity contribution in [1.29, 1.82) is 0 Å². The summed E-state index contributed by atoms with van der Waals surface area (Å²) in [6, 6.07) is 17.8. The number of nitrogens with zero attached hydrogens (tertiary/aromatic N) is 5. The van der Waals surface area contributed by atoms with Gasteiger partial charge in [-0.3, -0.25) is 14.5 Å². The standard InChI is InChI=1S/C27H32N6O2/c1-20(33-24-12-7-6-11-22(24)23-19-29-30(2)27(35)25(23)33)26(34)28-13-8-14-31-15-17-32(18-16-31)21-9-4-3-5-10-21/h3-7,9-12,19-20H,8,13-18H2,1-2H3,(H,28,34)/t20-/m0/s1. The van der Waals surface area contributed by atoms with Gasteiger partial charge in [0.05, 0.1) is 11.7 Å². The van der Waals surface area contributed by atoms with E-state index in [1.807, 2.05) is 41.8 Å². The molecule has 3 heterocycles. The number of aromatic nitrogens is 3. The van der Waals surface area contributed by atoms with Crippen molar-refractivity contribution in [2.24, 2.45) is 7.05 Å². The van der Waals surface area contributed by atoms with Crippen LogP contribution in [0.2, 0.25) is 0 Å². The maximum absolute atomic E-state index is 13.1. The molecule has 1 atom stereocenters. The normalized spacial score (nSPS) is 15.5. The quantitative estimate of drug-likeness (QED) is 0.419. The molecular weight excluding hydrogens is 440 g/mol. The number of aryl methyl sites for hydroxylation is 1. The van der Waals surface area contributed by atoms with Gasteiger partial charge >= 0.3 is 0 Å². The molecule has 2 aromatic carbocycles. The first-order valence-electron chi connectivity index (χ1n) is 12.3. The molecule has 8 nitrogen and oxygen atoms in total. The summed E-state index contributed by atoms with van der Waals surface area (Å²) in [6.45, 7) is 7.51. The Hall–Kier alpha value is -3.65. The van der Waals surface area contributed by atoms with Gasteiger partial charge in [0.2, 0.25) is 5.91 Å². The van der Waals surface area contributed by atoms with Crippen LogP contribution in [0.3, 0.4) is 0 Å². The molecule has 0 unspecified atom stereocenters. The van der Waals surface area contributed by atoms with Crippen LogP contribution in [-0.4, -0.2) is 64.4 Å². The lowest BCUT2D eigenvalue weighted by Crippen LogP contribution is -2.47. The lowest BCUT2D eigenvalue weighted by molar-refractivity contribution is -0.123. The highest BCUT2D eigenvalue weighted by Gasteiger charge is 2.23. The molecule has 1 aliphatic rings. The van der Waals surface area contributed by atoms with E-state index < -0.39 is 6.04 Å². The third kappa shape index (κ3) is 4.53. The van der Waals surface area contributed by atoms with E-state index in [-0.39, 0.29) is 11.5 Å². The number of carbonyl (C=O) groups excluding carboxylic acids is 1. The first kappa shape index (κ1) is 23.1. The number of carbonyl (C=O) groups is 1. The summed E-state index contributed by atoms with van der Waals surface area (Å²) in [7, 11) is 1.63. The largest absolute Gasteiger partial charge is 0.369 e. The number of rotatable bonds is 7. The van der Waals surface area contributed by atoms with Gasteiger partial charge < -0.3 is 14.8 Å². The Labute approximate surface area is 204 Å². The Bertz CT molecular complexity index is 1390. The van der Waals surface area contributed by atoms with Crippen molar-refractivity contribution < 1.29 is 4.79 Å². The minimum Gasteiger partial charge on any atom is -0.369 e. The number of para-hydroxylation sites is 2. The van der Waals surface area contributed by atoms with Crippen LogP contribution in [0.1, 0.15) is 19.4 Å². The first-order valence-corrected chi connectivity index (χ1v) is 12.3. The zero-order chi connectivity index (χ0) is 24.4.